The average molecular weight is 266 g/mol. The zero-order valence-corrected chi connectivity index (χ0v) is 10.9. The number of carbonyl (C=O) groups excluding carboxylic acids is 1. The van der Waals surface area contributed by atoms with Gasteiger partial charge in [0.2, 0.25) is 6.79 Å². The van der Waals surface area contributed by atoms with E-state index in [0.717, 1.165) is 6.42 Å². The molecule has 0 unspecified atom stereocenters. The zero-order chi connectivity index (χ0) is 13.5. The highest BCUT2D eigenvalue weighted by atomic mass is 16.7. The van der Waals surface area contributed by atoms with E-state index in [1.165, 1.54) is 0 Å². The molecule has 2 N–H and O–H groups in total. The fraction of sp³-hybridized carbons (Fsp3) is 0.462. The second kappa shape index (κ2) is 6.84. The van der Waals surface area contributed by atoms with E-state index in [1.807, 2.05) is 6.92 Å². The van der Waals surface area contributed by atoms with Gasteiger partial charge in [0.25, 0.3) is 0 Å². The van der Waals surface area contributed by atoms with Crippen LogP contribution in [0.15, 0.2) is 18.2 Å². The lowest BCUT2D eigenvalue weighted by atomic mass is 10.3. The van der Waals surface area contributed by atoms with Gasteiger partial charge < -0.3 is 24.8 Å². The van der Waals surface area contributed by atoms with Gasteiger partial charge in [-0.3, -0.25) is 0 Å². The zero-order valence-electron chi connectivity index (χ0n) is 10.9. The first-order chi connectivity index (χ1) is 9.29. The summed E-state index contributed by atoms with van der Waals surface area (Å²) in [5, 5.41) is 5.49. The molecule has 2 rings (SSSR count). The first-order valence-corrected chi connectivity index (χ1v) is 6.32. The van der Waals surface area contributed by atoms with E-state index in [1.54, 1.807) is 18.2 Å². The summed E-state index contributed by atoms with van der Waals surface area (Å²) in [6, 6.07) is 5.04. The van der Waals surface area contributed by atoms with Gasteiger partial charge in [0, 0.05) is 31.5 Å². The van der Waals surface area contributed by atoms with Crippen molar-refractivity contribution < 1.29 is 19.0 Å². The van der Waals surface area contributed by atoms with Gasteiger partial charge in [-0.2, -0.15) is 0 Å². The Morgan fingerprint density at radius 1 is 1.37 bits per heavy atom. The molecule has 0 saturated carbocycles. The Labute approximate surface area is 112 Å². The maximum Gasteiger partial charge on any atom is 0.319 e. The molecule has 104 valence electrons. The summed E-state index contributed by atoms with van der Waals surface area (Å²) < 4.78 is 15.6. The third-order valence-electron chi connectivity index (χ3n) is 2.59. The van der Waals surface area contributed by atoms with Crippen LogP contribution < -0.4 is 20.1 Å². The smallest absolute Gasteiger partial charge is 0.319 e. The van der Waals surface area contributed by atoms with Crippen LogP contribution in [0.1, 0.15) is 13.3 Å². The Morgan fingerprint density at radius 2 is 2.21 bits per heavy atom. The topological polar surface area (TPSA) is 68.8 Å². The minimum atomic E-state index is -0.240. The van der Waals surface area contributed by atoms with Crippen molar-refractivity contribution in [3.8, 4) is 11.5 Å². The van der Waals surface area contributed by atoms with E-state index in [2.05, 4.69) is 10.6 Å². The molecule has 1 aromatic carbocycles. The molecule has 1 heterocycles. The molecule has 0 fully saturated rings. The van der Waals surface area contributed by atoms with Crippen molar-refractivity contribution in [2.75, 3.05) is 31.9 Å². The second-order valence-corrected chi connectivity index (χ2v) is 4.00. The average Bonchev–Trinajstić information content (AvgIpc) is 2.86. The van der Waals surface area contributed by atoms with Gasteiger partial charge >= 0.3 is 6.03 Å². The molecule has 0 spiro atoms. The van der Waals surface area contributed by atoms with Gasteiger partial charge in [0.1, 0.15) is 0 Å². The monoisotopic (exact) mass is 266 g/mol. The molecule has 1 aromatic rings. The summed E-state index contributed by atoms with van der Waals surface area (Å²) in [7, 11) is 0. The number of carbonyl (C=O) groups is 1. The Hall–Kier alpha value is -1.95. The summed E-state index contributed by atoms with van der Waals surface area (Å²) in [5.74, 6) is 1.34. The molecule has 2 amide bonds. The van der Waals surface area contributed by atoms with Crippen LogP contribution in [0.4, 0.5) is 10.5 Å². The molecule has 0 bridgehead atoms. The number of hydrogen-bond acceptors (Lipinski definition) is 4. The van der Waals surface area contributed by atoms with Crippen LogP contribution in [0, 0.1) is 0 Å². The highest BCUT2D eigenvalue weighted by Gasteiger charge is 2.13. The molecule has 6 nitrogen and oxygen atoms in total. The van der Waals surface area contributed by atoms with Crippen LogP contribution >= 0.6 is 0 Å². The first kappa shape index (κ1) is 13.5. The fourth-order valence-corrected chi connectivity index (χ4v) is 1.67. The minimum absolute atomic E-state index is 0.225. The van der Waals surface area contributed by atoms with Crippen LogP contribution in [0.3, 0.4) is 0 Å². The number of amides is 2. The lowest BCUT2D eigenvalue weighted by Gasteiger charge is -2.08. The maximum absolute atomic E-state index is 11.6. The standard InChI is InChI=1S/C13H18N2O4/c1-2-17-7-3-6-14-13(16)15-10-4-5-11-12(8-10)19-9-18-11/h4-5,8H,2-3,6-7,9H2,1H3,(H2,14,15,16). The van der Waals surface area contributed by atoms with Crippen LogP contribution in [0.5, 0.6) is 11.5 Å². The van der Waals surface area contributed by atoms with Gasteiger partial charge in [-0.15, -0.1) is 0 Å². The highest BCUT2D eigenvalue weighted by molar-refractivity contribution is 5.89. The Balaban J connectivity index is 1.73. The van der Waals surface area contributed by atoms with Crippen molar-refractivity contribution >= 4 is 11.7 Å². The molecule has 0 radical (unpaired) electrons. The maximum atomic E-state index is 11.6. The van der Waals surface area contributed by atoms with Crippen molar-refractivity contribution in [1.29, 1.82) is 0 Å². The predicted molar refractivity (Wildman–Crippen MR) is 70.7 cm³/mol. The number of anilines is 1. The molecule has 0 atom stereocenters. The SMILES string of the molecule is CCOCCCNC(=O)Nc1ccc2c(c1)OCO2. The first-order valence-electron chi connectivity index (χ1n) is 6.32. The molecule has 1 aliphatic rings. The lowest BCUT2D eigenvalue weighted by Crippen LogP contribution is -2.30. The summed E-state index contributed by atoms with van der Waals surface area (Å²) in [5.41, 5.74) is 0.673. The van der Waals surface area contributed by atoms with Crippen LogP contribution in [-0.4, -0.2) is 32.6 Å². The lowest BCUT2D eigenvalue weighted by molar-refractivity contribution is 0.145. The number of ether oxygens (including phenoxy) is 3. The van der Waals surface area contributed by atoms with E-state index in [-0.39, 0.29) is 12.8 Å². The van der Waals surface area contributed by atoms with Crippen LogP contribution in [0.25, 0.3) is 0 Å². The summed E-state index contributed by atoms with van der Waals surface area (Å²) in [6.07, 6.45) is 0.794. The van der Waals surface area contributed by atoms with E-state index in [4.69, 9.17) is 14.2 Å². The summed E-state index contributed by atoms with van der Waals surface area (Å²) in [6.45, 7) is 4.10. The quantitative estimate of drug-likeness (QED) is 0.772. The van der Waals surface area contributed by atoms with Gasteiger partial charge in [-0.25, -0.2) is 4.79 Å². The molecule has 0 aliphatic carbocycles. The molecular weight excluding hydrogens is 248 g/mol. The second-order valence-electron chi connectivity index (χ2n) is 4.00. The Bertz CT molecular complexity index is 437. The largest absolute Gasteiger partial charge is 0.454 e. The van der Waals surface area contributed by atoms with Crippen LogP contribution in [-0.2, 0) is 4.74 Å². The van der Waals surface area contributed by atoms with E-state index in [0.29, 0.717) is 36.9 Å². The third kappa shape index (κ3) is 4.03. The predicted octanol–water partition coefficient (Wildman–Crippen LogP) is 1.96. The van der Waals surface area contributed by atoms with Crippen molar-refractivity contribution in [2.45, 2.75) is 13.3 Å². The summed E-state index contributed by atoms with van der Waals surface area (Å²) >= 11 is 0. The van der Waals surface area contributed by atoms with Gasteiger partial charge in [-0.05, 0) is 25.5 Å². The van der Waals surface area contributed by atoms with Crippen molar-refractivity contribution in [3.05, 3.63) is 18.2 Å². The fourth-order valence-electron chi connectivity index (χ4n) is 1.67. The molecule has 1 aliphatic heterocycles. The van der Waals surface area contributed by atoms with E-state index >= 15 is 0 Å². The third-order valence-corrected chi connectivity index (χ3v) is 2.59. The Morgan fingerprint density at radius 3 is 3.05 bits per heavy atom. The van der Waals surface area contributed by atoms with Gasteiger partial charge in [0.05, 0.1) is 0 Å². The van der Waals surface area contributed by atoms with Crippen molar-refractivity contribution in [2.24, 2.45) is 0 Å². The van der Waals surface area contributed by atoms with E-state index in [9.17, 15) is 4.79 Å². The number of urea groups is 1. The number of benzene rings is 1. The Kier molecular flexibility index (Phi) is 4.85. The highest BCUT2D eigenvalue weighted by Crippen LogP contribution is 2.34. The van der Waals surface area contributed by atoms with Crippen molar-refractivity contribution in [3.63, 3.8) is 0 Å². The minimum Gasteiger partial charge on any atom is -0.454 e. The summed E-state index contributed by atoms with van der Waals surface area (Å²) in [4.78, 5) is 11.6. The number of rotatable bonds is 6. The number of nitrogens with one attached hydrogen (secondary N) is 2. The number of fused-ring (bicyclic) bond motifs is 1. The van der Waals surface area contributed by atoms with Gasteiger partial charge in [0.15, 0.2) is 11.5 Å². The van der Waals surface area contributed by atoms with Gasteiger partial charge in [-0.1, -0.05) is 0 Å². The molecule has 0 saturated heterocycles. The molecule has 0 aromatic heterocycles. The van der Waals surface area contributed by atoms with Crippen LogP contribution in [0.2, 0.25) is 0 Å². The number of hydrogen-bond donors (Lipinski definition) is 2. The van der Waals surface area contributed by atoms with E-state index < -0.39 is 0 Å². The molecule has 6 heteroatoms. The molecular formula is C13H18N2O4. The normalized spacial score (nSPS) is 12.3. The van der Waals surface area contributed by atoms with Crippen molar-refractivity contribution in [1.82, 2.24) is 5.32 Å². The molecule has 19 heavy (non-hydrogen) atoms.